The van der Waals surface area contributed by atoms with Crippen LogP contribution in [0.1, 0.15) is 35.0 Å². The second-order valence-electron chi connectivity index (χ2n) is 4.89. The van der Waals surface area contributed by atoms with Gasteiger partial charge in [-0.15, -0.1) is 0 Å². The lowest BCUT2D eigenvalue weighted by Crippen LogP contribution is -2.00. The third kappa shape index (κ3) is 1.60. The Bertz CT molecular complexity index is 549. The van der Waals surface area contributed by atoms with Gasteiger partial charge in [-0.25, -0.2) is 0 Å². The Morgan fingerprint density at radius 1 is 1.12 bits per heavy atom. The summed E-state index contributed by atoms with van der Waals surface area (Å²) in [5.74, 6) is 0. The van der Waals surface area contributed by atoms with Gasteiger partial charge in [-0.3, -0.25) is 0 Å². The van der Waals surface area contributed by atoms with Crippen LogP contribution in [0.5, 0.6) is 0 Å². The molecule has 0 fully saturated rings. The predicted molar refractivity (Wildman–Crippen MR) is 68.5 cm³/mol. The zero-order chi connectivity index (χ0) is 12.0. The van der Waals surface area contributed by atoms with Crippen LogP contribution in [0.15, 0.2) is 30.3 Å². The Hall–Kier alpha value is -1.54. The molecule has 1 heterocycles. The lowest BCUT2D eigenvalue weighted by molar-refractivity contribution is 0.180. The van der Waals surface area contributed by atoms with Gasteiger partial charge in [0.2, 0.25) is 0 Å². The molecule has 1 aromatic heterocycles. The predicted octanol–water partition coefficient (Wildman–Crippen LogP) is 3.07. The molecule has 1 atom stereocenters. The summed E-state index contributed by atoms with van der Waals surface area (Å²) in [6.45, 7) is 4.24. The molecule has 1 aliphatic carbocycles. The first-order valence-corrected chi connectivity index (χ1v) is 6.13. The van der Waals surface area contributed by atoms with E-state index >= 15 is 0 Å². The van der Waals surface area contributed by atoms with Crippen molar-refractivity contribution in [1.29, 1.82) is 0 Å². The van der Waals surface area contributed by atoms with Crippen molar-refractivity contribution < 1.29 is 5.11 Å². The number of hydrogen-bond donors (Lipinski definition) is 1. The van der Waals surface area contributed by atoms with Crippen LogP contribution in [0.2, 0.25) is 0 Å². The molecule has 0 saturated heterocycles. The van der Waals surface area contributed by atoms with Gasteiger partial charge < -0.3 is 9.67 Å². The van der Waals surface area contributed by atoms with Gasteiger partial charge in [0.1, 0.15) is 0 Å². The number of hydrogen-bond acceptors (Lipinski definition) is 1. The largest absolute Gasteiger partial charge is 0.388 e. The van der Waals surface area contributed by atoms with Crippen LogP contribution in [0.4, 0.5) is 0 Å². The third-order valence-corrected chi connectivity index (χ3v) is 3.70. The van der Waals surface area contributed by atoms with E-state index in [1.807, 2.05) is 0 Å². The fourth-order valence-electron chi connectivity index (χ4n) is 2.80. The van der Waals surface area contributed by atoms with Crippen molar-refractivity contribution in [2.24, 2.45) is 0 Å². The molecule has 17 heavy (non-hydrogen) atoms. The van der Waals surface area contributed by atoms with Crippen molar-refractivity contribution in [1.82, 2.24) is 4.57 Å². The van der Waals surface area contributed by atoms with Crippen LogP contribution >= 0.6 is 0 Å². The Morgan fingerprint density at radius 3 is 2.53 bits per heavy atom. The maximum Gasteiger partial charge on any atom is 0.0795 e. The zero-order valence-electron chi connectivity index (χ0n) is 10.3. The summed E-state index contributed by atoms with van der Waals surface area (Å²) in [5.41, 5.74) is 6.11. The van der Waals surface area contributed by atoms with Crippen molar-refractivity contribution in [2.45, 2.75) is 32.8 Å². The van der Waals surface area contributed by atoms with Crippen LogP contribution < -0.4 is 0 Å². The lowest BCUT2D eigenvalue weighted by Gasteiger charge is -2.12. The van der Waals surface area contributed by atoms with Gasteiger partial charge >= 0.3 is 0 Å². The molecule has 0 aliphatic heterocycles. The molecule has 0 radical (unpaired) electrons. The fourth-order valence-corrected chi connectivity index (χ4v) is 2.80. The molecular weight excluding hydrogens is 210 g/mol. The fraction of sp³-hybridized carbons (Fsp3) is 0.333. The molecule has 2 nitrogen and oxygen atoms in total. The third-order valence-electron chi connectivity index (χ3n) is 3.70. The van der Waals surface area contributed by atoms with Gasteiger partial charge in [-0.1, -0.05) is 6.07 Å². The quantitative estimate of drug-likeness (QED) is 0.795. The Kier molecular flexibility index (Phi) is 2.33. The average Bonchev–Trinajstić information content (AvgIpc) is 2.83. The molecule has 0 bridgehead atoms. The number of aliphatic hydroxyl groups is 1. The molecule has 88 valence electrons. The van der Waals surface area contributed by atoms with Crippen LogP contribution in [0.25, 0.3) is 5.69 Å². The highest BCUT2D eigenvalue weighted by Gasteiger charge is 2.20. The second-order valence-corrected chi connectivity index (χ2v) is 4.89. The number of aromatic nitrogens is 1. The van der Waals surface area contributed by atoms with E-state index in [9.17, 15) is 5.11 Å². The van der Waals surface area contributed by atoms with Crippen LogP contribution in [0, 0.1) is 13.8 Å². The van der Waals surface area contributed by atoms with Gasteiger partial charge in [0.05, 0.1) is 6.10 Å². The number of aryl methyl sites for hydroxylation is 3. The first-order valence-electron chi connectivity index (χ1n) is 6.13. The molecule has 3 rings (SSSR count). The standard InChI is InChI=1S/C15H17NO/c1-10-3-4-11(2)16(10)13-6-7-14-12(9-13)5-8-15(14)17/h3-4,6-7,9,15,17H,5,8H2,1-2H3. The first-order chi connectivity index (χ1) is 8.16. The van der Waals surface area contributed by atoms with E-state index in [1.165, 1.54) is 22.6 Å². The van der Waals surface area contributed by atoms with Gasteiger partial charge in [0, 0.05) is 17.1 Å². The van der Waals surface area contributed by atoms with E-state index in [4.69, 9.17) is 0 Å². The molecule has 0 amide bonds. The van der Waals surface area contributed by atoms with Gasteiger partial charge in [0.15, 0.2) is 0 Å². The molecule has 2 heteroatoms. The van der Waals surface area contributed by atoms with E-state index < -0.39 is 0 Å². The molecule has 0 spiro atoms. The summed E-state index contributed by atoms with van der Waals surface area (Å²) in [5, 5.41) is 9.81. The topological polar surface area (TPSA) is 25.2 Å². The highest BCUT2D eigenvalue weighted by atomic mass is 16.3. The highest BCUT2D eigenvalue weighted by molar-refractivity contribution is 5.46. The number of fused-ring (bicyclic) bond motifs is 1. The monoisotopic (exact) mass is 227 g/mol. The van der Waals surface area contributed by atoms with E-state index in [1.54, 1.807) is 0 Å². The SMILES string of the molecule is Cc1ccc(C)n1-c1ccc2c(c1)CCC2O. The van der Waals surface area contributed by atoms with E-state index in [-0.39, 0.29) is 6.10 Å². The normalized spacial score (nSPS) is 18.4. The number of aliphatic hydroxyl groups excluding tert-OH is 1. The van der Waals surface area contributed by atoms with Crippen molar-refractivity contribution in [3.05, 3.63) is 52.8 Å². The molecule has 2 aromatic rings. The van der Waals surface area contributed by atoms with Crippen molar-refractivity contribution in [3.8, 4) is 5.69 Å². The minimum Gasteiger partial charge on any atom is -0.388 e. The Morgan fingerprint density at radius 2 is 1.82 bits per heavy atom. The second kappa shape index (κ2) is 3.74. The van der Waals surface area contributed by atoms with Gasteiger partial charge in [-0.05, 0) is 62.1 Å². The molecule has 1 N–H and O–H groups in total. The number of benzene rings is 1. The molecule has 0 saturated carbocycles. The summed E-state index contributed by atoms with van der Waals surface area (Å²) in [6, 6.07) is 10.7. The van der Waals surface area contributed by atoms with Crippen LogP contribution in [-0.4, -0.2) is 9.67 Å². The minimum atomic E-state index is -0.258. The summed E-state index contributed by atoms with van der Waals surface area (Å²) in [4.78, 5) is 0. The Balaban J connectivity index is 2.12. The Labute approximate surface area is 102 Å². The maximum absolute atomic E-state index is 9.81. The van der Waals surface area contributed by atoms with Crippen LogP contribution in [0.3, 0.4) is 0 Å². The minimum absolute atomic E-state index is 0.258. The maximum atomic E-state index is 9.81. The lowest BCUT2D eigenvalue weighted by atomic mass is 10.1. The zero-order valence-corrected chi connectivity index (χ0v) is 10.3. The van der Waals surface area contributed by atoms with E-state index in [0.29, 0.717) is 0 Å². The smallest absolute Gasteiger partial charge is 0.0795 e. The van der Waals surface area contributed by atoms with Gasteiger partial charge in [-0.2, -0.15) is 0 Å². The summed E-state index contributed by atoms with van der Waals surface area (Å²) >= 11 is 0. The molecule has 1 unspecified atom stereocenters. The first kappa shape index (κ1) is 10.6. The average molecular weight is 227 g/mol. The summed E-state index contributed by atoms with van der Waals surface area (Å²) in [6.07, 6.45) is 1.59. The van der Waals surface area contributed by atoms with E-state index in [2.05, 4.69) is 48.7 Å². The highest BCUT2D eigenvalue weighted by Crippen LogP contribution is 2.32. The van der Waals surface area contributed by atoms with Gasteiger partial charge in [0.25, 0.3) is 0 Å². The van der Waals surface area contributed by atoms with E-state index in [0.717, 1.165) is 18.4 Å². The van der Waals surface area contributed by atoms with Crippen molar-refractivity contribution >= 4 is 0 Å². The van der Waals surface area contributed by atoms with Crippen molar-refractivity contribution in [3.63, 3.8) is 0 Å². The molecule has 1 aliphatic rings. The summed E-state index contributed by atoms with van der Waals surface area (Å²) < 4.78 is 2.25. The summed E-state index contributed by atoms with van der Waals surface area (Å²) in [7, 11) is 0. The molecular formula is C15H17NO. The van der Waals surface area contributed by atoms with Crippen molar-refractivity contribution in [2.75, 3.05) is 0 Å². The van der Waals surface area contributed by atoms with Crippen LogP contribution in [-0.2, 0) is 6.42 Å². The number of rotatable bonds is 1. The number of nitrogens with zero attached hydrogens (tertiary/aromatic N) is 1. The molecule has 1 aromatic carbocycles.